The Morgan fingerprint density at radius 2 is 1.86 bits per heavy atom. The maximum atomic E-state index is 12.9. The number of nitrogens with zero attached hydrogens (tertiary/aromatic N) is 1. The number of carbonyl (C=O) groups is 2. The van der Waals surface area contributed by atoms with Crippen molar-refractivity contribution in [3.8, 4) is 11.3 Å². The zero-order valence-corrected chi connectivity index (χ0v) is 19.3. The van der Waals surface area contributed by atoms with Crippen LogP contribution in [-0.2, 0) is 9.53 Å². The Bertz CT molecular complexity index is 1030. The Morgan fingerprint density at radius 1 is 1.17 bits per heavy atom. The van der Waals surface area contributed by atoms with Gasteiger partial charge < -0.3 is 4.74 Å². The van der Waals surface area contributed by atoms with Gasteiger partial charge in [-0.3, -0.25) is 14.9 Å². The van der Waals surface area contributed by atoms with E-state index in [2.05, 4.69) is 26.2 Å². The molecule has 3 aromatic rings. The van der Waals surface area contributed by atoms with Gasteiger partial charge in [-0.05, 0) is 38.1 Å². The highest BCUT2D eigenvalue weighted by molar-refractivity contribution is 9.10. The van der Waals surface area contributed by atoms with E-state index >= 15 is 0 Å². The molecule has 2 aromatic carbocycles. The Morgan fingerprint density at radius 3 is 2.55 bits per heavy atom. The molecule has 0 fully saturated rings. The van der Waals surface area contributed by atoms with Crippen molar-refractivity contribution in [3.05, 3.63) is 63.4 Å². The lowest BCUT2D eigenvalue weighted by molar-refractivity contribution is -0.139. The van der Waals surface area contributed by atoms with Crippen molar-refractivity contribution < 1.29 is 14.3 Å². The van der Waals surface area contributed by atoms with Gasteiger partial charge in [-0.1, -0.05) is 40.2 Å². The number of carbonyl (C=O) groups excluding carboxylic acids is 2. The Kier molecular flexibility index (Phi) is 7.10. The molecule has 0 bridgehead atoms. The molecule has 29 heavy (non-hydrogen) atoms. The predicted molar refractivity (Wildman–Crippen MR) is 122 cm³/mol. The molecule has 1 N–H and O–H groups in total. The summed E-state index contributed by atoms with van der Waals surface area (Å²) >= 11 is 6.15. The van der Waals surface area contributed by atoms with Crippen LogP contribution in [0.1, 0.15) is 22.2 Å². The number of aryl methyl sites for hydroxylation is 1. The van der Waals surface area contributed by atoms with E-state index in [-0.39, 0.29) is 11.9 Å². The van der Waals surface area contributed by atoms with Crippen LogP contribution < -0.4 is 5.32 Å². The summed E-state index contributed by atoms with van der Waals surface area (Å²) in [7, 11) is 1.35. The van der Waals surface area contributed by atoms with Crippen LogP contribution in [0.15, 0.2) is 57.9 Å². The molecule has 1 aromatic heterocycles. The molecule has 1 heterocycles. The minimum absolute atomic E-state index is 0.263. The molecule has 0 spiro atoms. The highest BCUT2D eigenvalue weighted by Gasteiger charge is 2.20. The Balaban J connectivity index is 1.80. The Labute approximate surface area is 186 Å². The zero-order chi connectivity index (χ0) is 21.0. The lowest BCUT2D eigenvalue weighted by Crippen LogP contribution is -2.17. The van der Waals surface area contributed by atoms with Crippen molar-refractivity contribution in [1.82, 2.24) is 4.98 Å². The summed E-state index contributed by atoms with van der Waals surface area (Å²) in [6.07, 6.45) is 0. The third kappa shape index (κ3) is 5.26. The molecular weight excluding hydrogens is 472 g/mol. The lowest BCUT2D eigenvalue weighted by atomic mass is 10.1. The van der Waals surface area contributed by atoms with Crippen LogP contribution in [-0.4, -0.2) is 29.2 Å². The summed E-state index contributed by atoms with van der Waals surface area (Å²) in [5.74, 6) is -0.596. The number of amides is 1. The number of benzene rings is 2. The minimum atomic E-state index is -0.417. The van der Waals surface area contributed by atoms with Crippen LogP contribution in [0.2, 0.25) is 0 Å². The molecule has 5 nitrogen and oxygen atoms in total. The predicted octanol–water partition coefficient (Wildman–Crippen LogP) is 5.79. The molecule has 0 aliphatic rings. The van der Waals surface area contributed by atoms with Crippen LogP contribution in [0.4, 0.5) is 5.13 Å². The van der Waals surface area contributed by atoms with Crippen LogP contribution in [0.3, 0.4) is 0 Å². The van der Waals surface area contributed by atoms with E-state index in [0.29, 0.717) is 15.6 Å². The number of thiazole rings is 1. The van der Waals surface area contributed by atoms with Crippen molar-refractivity contribution in [3.63, 3.8) is 0 Å². The fourth-order valence-corrected chi connectivity index (χ4v) is 4.76. The second-order valence-corrected chi connectivity index (χ2v) is 9.67. The highest BCUT2D eigenvalue weighted by Crippen LogP contribution is 2.32. The summed E-state index contributed by atoms with van der Waals surface area (Å²) in [6, 6.07) is 15.1. The van der Waals surface area contributed by atoms with Gasteiger partial charge in [0.05, 0.1) is 18.4 Å². The maximum absolute atomic E-state index is 12.9. The van der Waals surface area contributed by atoms with E-state index < -0.39 is 5.25 Å². The molecule has 1 unspecified atom stereocenters. The first-order valence-corrected chi connectivity index (χ1v) is 11.3. The second-order valence-electron chi connectivity index (χ2n) is 6.16. The van der Waals surface area contributed by atoms with Gasteiger partial charge >= 0.3 is 5.97 Å². The number of hydrogen-bond donors (Lipinski definition) is 1. The van der Waals surface area contributed by atoms with Crippen molar-refractivity contribution in [1.29, 1.82) is 0 Å². The average molecular weight is 491 g/mol. The maximum Gasteiger partial charge on any atom is 0.318 e. The monoisotopic (exact) mass is 490 g/mol. The SMILES string of the molecule is COC(=O)C(C)Sc1ccccc1C(=O)Nc1nc(-c2ccc(Br)cc2)c(C)s1. The average Bonchev–Trinajstić information content (AvgIpc) is 3.08. The first-order chi connectivity index (χ1) is 13.9. The molecule has 1 amide bonds. The standard InChI is InChI=1S/C21H19BrN2O3S2/c1-12-18(14-8-10-15(22)11-9-14)23-21(29-12)24-19(25)16-6-4-5-7-17(16)28-13(2)20(26)27-3/h4-11,13H,1-3H3,(H,23,24,25). The Hall–Kier alpha value is -2.16. The molecule has 0 radical (unpaired) electrons. The van der Waals surface area contributed by atoms with Gasteiger partial charge in [0.15, 0.2) is 5.13 Å². The van der Waals surface area contributed by atoms with Crippen LogP contribution >= 0.6 is 39.0 Å². The number of hydrogen-bond acceptors (Lipinski definition) is 6. The molecular formula is C21H19BrN2O3S2. The van der Waals surface area contributed by atoms with E-state index in [4.69, 9.17) is 4.74 Å². The summed E-state index contributed by atoms with van der Waals surface area (Å²) in [4.78, 5) is 30.9. The molecule has 0 saturated heterocycles. The third-order valence-electron chi connectivity index (χ3n) is 4.10. The zero-order valence-electron chi connectivity index (χ0n) is 16.1. The first kappa shape index (κ1) is 21.5. The van der Waals surface area contributed by atoms with Gasteiger partial charge in [-0.2, -0.15) is 0 Å². The van der Waals surface area contributed by atoms with Gasteiger partial charge in [-0.15, -0.1) is 23.1 Å². The topological polar surface area (TPSA) is 68.3 Å². The number of esters is 1. The van der Waals surface area contributed by atoms with Crippen molar-refractivity contribution >= 4 is 56.0 Å². The molecule has 0 saturated carbocycles. The quantitative estimate of drug-likeness (QED) is 0.349. The summed E-state index contributed by atoms with van der Waals surface area (Å²) in [5.41, 5.74) is 2.33. The second kappa shape index (κ2) is 9.56. The van der Waals surface area contributed by atoms with Crippen LogP contribution in [0.5, 0.6) is 0 Å². The number of thioether (sulfide) groups is 1. The van der Waals surface area contributed by atoms with Gasteiger partial charge in [0.25, 0.3) is 5.91 Å². The number of methoxy groups -OCH3 is 1. The van der Waals surface area contributed by atoms with E-state index in [1.54, 1.807) is 19.1 Å². The normalized spacial score (nSPS) is 11.7. The summed E-state index contributed by atoms with van der Waals surface area (Å²) in [6.45, 7) is 3.73. The molecule has 0 aliphatic heterocycles. The van der Waals surface area contributed by atoms with Gasteiger partial charge in [0.1, 0.15) is 5.25 Å². The molecule has 150 valence electrons. The van der Waals surface area contributed by atoms with Crippen molar-refractivity contribution in [2.75, 3.05) is 12.4 Å². The molecule has 0 aliphatic carbocycles. The van der Waals surface area contributed by atoms with Crippen LogP contribution in [0, 0.1) is 6.92 Å². The third-order valence-corrected chi connectivity index (χ3v) is 6.67. The number of anilines is 1. The fraction of sp³-hybridized carbons (Fsp3) is 0.190. The van der Waals surface area contributed by atoms with Gasteiger partial charge in [0, 0.05) is 19.8 Å². The number of ether oxygens (including phenoxy) is 1. The largest absolute Gasteiger partial charge is 0.468 e. The summed E-state index contributed by atoms with van der Waals surface area (Å²) < 4.78 is 5.77. The van der Waals surface area contributed by atoms with Gasteiger partial charge in [0.2, 0.25) is 0 Å². The fourth-order valence-electron chi connectivity index (χ4n) is 2.65. The molecule has 3 rings (SSSR count). The van der Waals surface area contributed by atoms with Crippen LogP contribution in [0.25, 0.3) is 11.3 Å². The number of aromatic nitrogens is 1. The van der Waals surface area contributed by atoms with E-state index in [9.17, 15) is 9.59 Å². The first-order valence-electron chi connectivity index (χ1n) is 8.77. The number of halogens is 1. The van der Waals surface area contributed by atoms with Gasteiger partial charge in [-0.25, -0.2) is 4.98 Å². The number of rotatable bonds is 6. The molecule has 1 atom stereocenters. The highest BCUT2D eigenvalue weighted by atomic mass is 79.9. The minimum Gasteiger partial charge on any atom is -0.468 e. The van der Waals surface area contributed by atoms with Crippen molar-refractivity contribution in [2.24, 2.45) is 0 Å². The lowest BCUT2D eigenvalue weighted by Gasteiger charge is -2.12. The summed E-state index contributed by atoms with van der Waals surface area (Å²) in [5, 5.41) is 3.00. The van der Waals surface area contributed by atoms with Crippen molar-refractivity contribution in [2.45, 2.75) is 24.0 Å². The number of nitrogens with one attached hydrogen (secondary N) is 1. The van der Waals surface area contributed by atoms with E-state index in [1.807, 2.05) is 43.3 Å². The molecule has 8 heteroatoms. The van der Waals surface area contributed by atoms with E-state index in [1.165, 1.54) is 30.2 Å². The smallest absolute Gasteiger partial charge is 0.318 e. The van der Waals surface area contributed by atoms with E-state index in [0.717, 1.165) is 20.6 Å².